The number of nitrogens with zero attached hydrogens (tertiary/aromatic N) is 6. The highest BCUT2D eigenvalue weighted by Gasteiger charge is 2.41. The van der Waals surface area contributed by atoms with Crippen molar-refractivity contribution in [3.8, 4) is 21.1 Å². The molecule has 2 aliphatic carbocycles. The Balaban J connectivity index is 0.000000160. The van der Waals surface area contributed by atoms with E-state index >= 15 is 0 Å². The molecule has 2 aromatic carbocycles. The SMILES string of the molecule is Cl.O=C1CCC(c2cnc3c(c2)c(-c2nccs2)cn3S(=O)(=O)c2ccccc2)CC1.O=S(=O)(c1ccccc1)n1cc(-c2nccs2)c2cc(C3CCC4(CC3)OCCO4)cnc21. The highest BCUT2D eigenvalue weighted by Crippen LogP contribution is 2.44. The summed E-state index contributed by atoms with van der Waals surface area (Å²) in [4.78, 5) is 30.1. The lowest BCUT2D eigenvalue weighted by atomic mass is 9.81. The first kappa shape index (κ1) is 44.1. The van der Waals surface area contributed by atoms with Crippen molar-refractivity contribution in [2.24, 2.45) is 0 Å². The lowest BCUT2D eigenvalue weighted by Crippen LogP contribution is -2.34. The molecular formula is C46H43ClN6O7S4. The standard InChI is InChI=1S/C24H23N3O4S2.C22H19N3O3S2.ClH/c28-33(29,19-4-2-1-3-5-19)27-16-21(23-25-10-13-32-23)20-14-18(15-26-22(20)27)17-6-8-24(9-7-17)30-11-12-31-24;26-17-8-6-15(7-9-17)16-12-19-20(22-23-10-11-29-22)14-25(21(19)24-13-16)30(27,28)18-4-2-1-3-5-18;/h1-5,10,13-17H,6-9,11-12H2;1-5,10-15H,6-9H2;1H. The van der Waals surface area contributed by atoms with Crippen molar-refractivity contribution in [3.63, 3.8) is 0 Å². The van der Waals surface area contributed by atoms with E-state index in [1.807, 2.05) is 23.0 Å². The predicted octanol–water partition coefficient (Wildman–Crippen LogP) is 9.84. The molecule has 13 nitrogen and oxygen atoms in total. The number of aromatic nitrogens is 6. The second kappa shape index (κ2) is 18.0. The van der Waals surface area contributed by atoms with Crippen LogP contribution in [0.25, 0.3) is 43.2 Å². The Bertz CT molecular complexity index is 3130. The maximum absolute atomic E-state index is 13.4. The number of pyridine rings is 2. The number of thiazole rings is 2. The van der Waals surface area contributed by atoms with Crippen LogP contribution in [0.2, 0.25) is 0 Å². The monoisotopic (exact) mass is 954 g/mol. The van der Waals surface area contributed by atoms with E-state index in [0.717, 1.165) is 81.6 Å². The third-order valence-corrected chi connectivity index (χ3v) is 17.2. The average Bonchev–Trinajstić information content (AvgIpc) is 4.18. The van der Waals surface area contributed by atoms with Crippen molar-refractivity contribution >= 4 is 83.0 Å². The zero-order valence-electron chi connectivity index (χ0n) is 34.4. The Morgan fingerprint density at radius 3 is 1.47 bits per heavy atom. The molecule has 1 spiro atoms. The molecule has 18 heteroatoms. The van der Waals surface area contributed by atoms with Gasteiger partial charge in [0, 0.05) is 95.5 Å². The van der Waals surface area contributed by atoms with E-state index in [4.69, 9.17) is 9.47 Å². The summed E-state index contributed by atoms with van der Waals surface area (Å²) in [5, 5.41) is 6.85. The van der Waals surface area contributed by atoms with Gasteiger partial charge in [-0.2, -0.15) is 0 Å². The van der Waals surface area contributed by atoms with Crippen molar-refractivity contribution in [1.29, 1.82) is 0 Å². The molecule has 1 aliphatic heterocycles. The van der Waals surface area contributed by atoms with Gasteiger partial charge in [-0.05, 0) is 85.0 Å². The van der Waals surface area contributed by atoms with Crippen molar-refractivity contribution in [1.82, 2.24) is 27.9 Å². The van der Waals surface area contributed by atoms with Gasteiger partial charge in [-0.1, -0.05) is 36.4 Å². The molecule has 8 aromatic rings. The fourth-order valence-corrected chi connectivity index (χ4v) is 12.9. The molecule has 0 unspecified atom stereocenters. The van der Waals surface area contributed by atoms with Crippen molar-refractivity contribution in [2.75, 3.05) is 13.2 Å². The van der Waals surface area contributed by atoms with Gasteiger partial charge in [-0.15, -0.1) is 35.1 Å². The minimum Gasteiger partial charge on any atom is -0.348 e. The maximum atomic E-state index is 13.4. The second-order valence-corrected chi connectivity index (χ2v) is 21.4. The summed E-state index contributed by atoms with van der Waals surface area (Å²) in [6.07, 6.45) is 16.7. The minimum atomic E-state index is -3.79. The number of ether oxygens (including phenoxy) is 2. The predicted molar refractivity (Wildman–Crippen MR) is 249 cm³/mol. The van der Waals surface area contributed by atoms with Gasteiger partial charge >= 0.3 is 0 Å². The smallest absolute Gasteiger partial charge is 0.269 e. The van der Waals surface area contributed by atoms with E-state index in [-0.39, 0.29) is 28.1 Å². The lowest BCUT2D eigenvalue weighted by Gasteiger charge is -2.35. The van der Waals surface area contributed by atoms with Crippen LogP contribution in [0.5, 0.6) is 0 Å². The van der Waals surface area contributed by atoms with E-state index in [9.17, 15) is 21.6 Å². The van der Waals surface area contributed by atoms with Gasteiger partial charge in [0.1, 0.15) is 15.8 Å². The van der Waals surface area contributed by atoms with Gasteiger partial charge in [0.25, 0.3) is 20.0 Å². The fraction of sp³-hybridized carbons (Fsp3) is 0.283. The molecule has 3 aliphatic rings. The summed E-state index contributed by atoms with van der Waals surface area (Å²) in [6.45, 7) is 1.33. The number of halogens is 1. The Hall–Kier alpha value is -5.14. The number of benzene rings is 2. The number of carbonyl (C=O) groups is 1. The number of hydrogen-bond donors (Lipinski definition) is 0. The van der Waals surface area contributed by atoms with E-state index in [1.54, 1.807) is 91.6 Å². The summed E-state index contributed by atoms with van der Waals surface area (Å²) in [5.41, 5.74) is 4.50. The number of Topliss-reactive ketones (excluding diaryl/α,β-unsaturated/α-hetero) is 1. The zero-order valence-corrected chi connectivity index (χ0v) is 38.4. The number of carbonyl (C=O) groups excluding carboxylic acids is 1. The molecule has 0 atom stereocenters. The first-order chi connectivity index (χ1) is 30.6. The van der Waals surface area contributed by atoms with Gasteiger partial charge in [0.05, 0.1) is 23.0 Å². The van der Waals surface area contributed by atoms with Crippen molar-refractivity contribution in [3.05, 3.63) is 132 Å². The largest absolute Gasteiger partial charge is 0.348 e. The van der Waals surface area contributed by atoms with Crippen LogP contribution in [0.15, 0.2) is 131 Å². The molecule has 330 valence electrons. The van der Waals surface area contributed by atoms with Crippen LogP contribution in [0.3, 0.4) is 0 Å². The van der Waals surface area contributed by atoms with E-state index in [1.165, 1.54) is 30.6 Å². The quantitative estimate of drug-likeness (QED) is 0.142. The van der Waals surface area contributed by atoms with E-state index in [0.29, 0.717) is 49.1 Å². The third-order valence-electron chi connectivity index (χ3n) is 12.2. The molecule has 7 heterocycles. The van der Waals surface area contributed by atoms with Gasteiger partial charge in [-0.3, -0.25) is 4.79 Å². The topological polar surface area (TPSA) is 165 Å². The Morgan fingerprint density at radius 1 is 0.609 bits per heavy atom. The molecule has 0 bridgehead atoms. The van der Waals surface area contributed by atoms with Crippen LogP contribution in [-0.4, -0.2) is 69.5 Å². The van der Waals surface area contributed by atoms with Crippen LogP contribution in [0.1, 0.15) is 74.3 Å². The summed E-state index contributed by atoms with van der Waals surface area (Å²) < 4.78 is 67.8. The lowest BCUT2D eigenvalue weighted by molar-refractivity contribution is -0.178. The van der Waals surface area contributed by atoms with Gasteiger partial charge < -0.3 is 9.47 Å². The zero-order chi connectivity index (χ0) is 43.2. The van der Waals surface area contributed by atoms with Crippen LogP contribution >= 0.6 is 35.1 Å². The summed E-state index contributed by atoms with van der Waals surface area (Å²) in [6, 6.07) is 20.9. The minimum absolute atomic E-state index is 0. The highest BCUT2D eigenvalue weighted by molar-refractivity contribution is 7.90. The van der Waals surface area contributed by atoms with Crippen LogP contribution < -0.4 is 0 Å². The van der Waals surface area contributed by atoms with Crippen LogP contribution in [0.4, 0.5) is 0 Å². The van der Waals surface area contributed by atoms with E-state index < -0.39 is 25.8 Å². The molecule has 64 heavy (non-hydrogen) atoms. The molecule has 0 N–H and O–H groups in total. The maximum Gasteiger partial charge on any atom is 0.269 e. The van der Waals surface area contributed by atoms with Gasteiger partial charge in [0.15, 0.2) is 17.1 Å². The molecule has 0 amide bonds. The molecule has 6 aromatic heterocycles. The first-order valence-electron chi connectivity index (χ1n) is 20.8. The summed E-state index contributed by atoms with van der Waals surface area (Å²) >= 11 is 2.95. The van der Waals surface area contributed by atoms with E-state index in [2.05, 4.69) is 26.0 Å². The number of fused-ring (bicyclic) bond motifs is 2. The first-order valence-corrected chi connectivity index (χ1v) is 25.5. The number of rotatable bonds is 8. The fourth-order valence-electron chi connectivity index (χ4n) is 8.92. The Morgan fingerprint density at radius 2 is 1.05 bits per heavy atom. The van der Waals surface area contributed by atoms with Crippen LogP contribution in [0, 0.1) is 0 Å². The normalized spacial score (nSPS) is 17.1. The molecule has 2 saturated carbocycles. The third kappa shape index (κ3) is 8.34. The highest BCUT2D eigenvalue weighted by atomic mass is 35.5. The molecule has 0 radical (unpaired) electrons. The summed E-state index contributed by atoms with van der Waals surface area (Å²) in [5.74, 6) is 0.493. The number of hydrogen-bond acceptors (Lipinski definition) is 13. The molecule has 3 fully saturated rings. The molecular weight excluding hydrogens is 912 g/mol. The van der Waals surface area contributed by atoms with Crippen molar-refractivity contribution < 1.29 is 31.1 Å². The second-order valence-electron chi connectivity index (χ2n) is 16.0. The molecule has 11 rings (SSSR count). The van der Waals surface area contributed by atoms with Crippen LogP contribution in [-0.2, 0) is 34.3 Å². The average molecular weight is 956 g/mol. The van der Waals surface area contributed by atoms with Gasteiger partial charge in [-0.25, -0.2) is 44.7 Å². The Labute approximate surface area is 384 Å². The van der Waals surface area contributed by atoms with Gasteiger partial charge in [0.2, 0.25) is 0 Å². The Kier molecular flexibility index (Phi) is 12.4. The molecule has 1 saturated heterocycles. The number of ketones is 1. The van der Waals surface area contributed by atoms with Crippen molar-refractivity contribution in [2.45, 2.75) is 78.8 Å². The summed E-state index contributed by atoms with van der Waals surface area (Å²) in [7, 11) is -7.59.